The van der Waals surface area contributed by atoms with E-state index < -0.39 is 0 Å². The molecule has 3 nitrogen and oxygen atoms in total. The van der Waals surface area contributed by atoms with Gasteiger partial charge in [0, 0.05) is 28.2 Å². The lowest BCUT2D eigenvalue weighted by atomic mass is 10.0. The molecular formula is C22H15BrN2OS. The van der Waals surface area contributed by atoms with Gasteiger partial charge in [0.15, 0.2) is 0 Å². The van der Waals surface area contributed by atoms with Crippen LogP contribution in [0.2, 0.25) is 0 Å². The van der Waals surface area contributed by atoms with Crippen molar-refractivity contribution in [2.75, 3.05) is 0 Å². The monoisotopic (exact) mass is 434 g/mol. The van der Waals surface area contributed by atoms with E-state index in [1.165, 1.54) is 27.8 Å². The standard InChI is InChI=1S/C22H15BrN2OS/c23-20-11-17-16(12-24-22(26)21(17)27-20)9-13-5-7-14(8-6-13)19-10-15-3-1-2-4-18(15)25-19/h1-8,10-12,25H,9H2,(H,24,26). The highest BCUT2D eigenvalue weighted by Crippen LogP contribution is 2.30. The second kappa shape index (κ2) is 6.51. The van der Waals surface area contributed by atoms with Crippen molar-refractivity contribution in [2.45, 2.75) is 6.42 Å². The van der Waals surface area contributed by atoms with Gasteiger partial charge in [-0.2, -0.15) is 0 Å². The Kier molecular flexibility index (Phi) is 3.99. The number of thiophene rings is 1. The molecule has 0 saturated heterocycles. The fourth-order valence-electron chi connectivity index (χ4n) is 3.46. The average molecular weight is 435 g/mol. The number of rotatable bonds is 3. The van der Waals surface area contributed by atoms with Crippen LogP contribution in [0.4, 0.5) is 0 Å². The second-order valence-corrected chi connectivity index (χ2v) is 9.01. The van der Waals surface area contributed by atoms with Gasteiger partial charge in [-0.15, -0.1) is 11.3 Å². The summed E-state index contributed by atoms with van der Waals surface area (Å²) in [7, 11) is 0. The molecule has 0 spiro atoms. The predicted molar refractivity (Wildman–Crippen MR) is 117 cm³/mol. The quantitative estimate of drug-likeness (QED) is 0.354. The molecule has 0 atom stereocenters. The molecule has 3 heterocycles. The third-order valence-electron chi connectivity index (χ3n) is 4.82. The zero-order chi connectivity index (χ0) is 18.4. The molecule has 0 aliphatic heterocycles. The summed E-state index contributed by atoms with van der Waals surface area (Å²) in [4.78, 5) is 18.3. The number of hydrogen-bond acceptors (Lipinski definition) is 2. The Labute approximate surface area is 167 Å². The molecule has 2 aromatic carbocycles. The van der Waals surface area contributed by atoms with E-state index in [9.17, 15) is 4.79 Å². The minimum Gasteiger partial charge on any atom is -0.355 e. The van der Waals surface area contributed by atoms with Crippen LogP contribution in [0.5, 0.6) is 0 Å². The maximum absolute atomic E-state index is 12.0. The first-order valence-electron chi connectivity index (χ1n) is 8.64. The van der Waals surface area contributed by atoms with Gasteiger partial charge in [-0.25, -0.2) is 0 Å². The first-order chi connectivity index (χ1) is 13.2. The van der Waals surface area contributed by atoms with E-state index in [4.69, 9.17) is 0 Å². The predicted octanol–water partition coefficient (Wildman–Crippen LogP) is 6.09. The van der Waals surface area contributed by atoms with Gasteiger partial charge >= 0.3 is 0 Å². The molecule has 0 bridgehead atoms. The van der Waals surface area contributed by atoms with Gasteiger partial charge in [0.1, 0.15) is 4.70 Å². The molecule has 0 aliphatic rings. The number of pyridine rings is 1. The summed E-state index contributed by atoms with van der Waals surface area (Å²) in [6.45, 7) is 0. The molecule has 0 radical (unpaired) electrons. The molecule has 2 N–H and O–H groups in total. The molecule has 0 aliphatic carbocycles. The van der Waals surface area contributed by atoms with Crippen LogP contribution in [0, 0.1) is 0 Å². The number of para-hydroxylation sites is 1. The number of aromatic nitrogens is 2. The van der Waals surface area contributed by atoms with E-state index in [2.05, 4.69) is 74.4 Å². The van der Waals surface area contributed by atoms with Crippen molar-refractivity contribution in [3.8, 4) is 11.3 Å². The number of nitrogens with one attached hydrogen (secondary N) is 2. The zero-order valence-electron chi connectivity index (χ0n) is 14.3. The molecule has 5 aromatic rings. The van der Waals surface area contributed by atoms with E-state index in [-0.39, 0.29) is 5.56 Å². The highest BCUT2D eigenvalue weighted by atomic mass is 79.9. The van der Waals surface area contributed by atoms with Crippen LogP contribution in [-0.2, 0) is 6.42 Å². The first-order valence-corrected chi connectivity index (χ1v) is 10.2. The van der Waals surface area contributed by atoms with Crippen LogP contribution in [0.1, 0.15) is 11.1 Å². The fraction of sp³-hybridized carbons (Fsp3) is 0.0455. The number of halogens is 1. The molecule has 132 valence electrons. The van der Waals surface area contributed by atoms with Crippen molar-refractivity contribution >= 4 is 48.3 Å². The van der Waals surface area contributed by atoms with Gasteiger partial charge in [0.05, 0.1) is 3.79 Å². The van der Waals surface area contributed by atoms with E-state index >= 15 is 0 Å². The van der Waals surface area contributed by atoms with Crippen LogP contribution >= 0.6 is 27.3 Å². The molecule has 5 rings (SSSR count). The second-order valence-electron chi connectivity index (χ2n) is 6.58. The third-order valence-corrected chi connectivity index (χ3v) is 6.46. The van der Waals surface area contributed by atoms with E-state index in [1.54, 1.807) is 0 Å². The van der Waals surface area contributed by atoms with Gasteiger partial charge in [0.25, 0.3) is 5.56 Å². The number of fused-ring (bicyclic) bond motifs is 2. The Morgan fingerprint density at radius 1 is 1.00 bits per heavy atom. The maximum atomic E-state index is 12.0. The number of benzene rings is 2. The maximum Gasteiger partial charge on any atom is 0.265 e. The van der Waals surface area contributed by atoms with Crippen molar-refractivity contribution in [3.63, 3.8) is 0 Å². The van der Waals surface area contributed by atoms with Gasteiger partial charge in [-0.05, 0) is 57.2 Å². The lowest BCUT2D eigenvalue weighted by Gasteiger charge is -2.05. The summed E-state index contributed by atoms with van der Waals surface area (Å²) in [6.07, 6.45) is 2.61. The van der Waals surface area contributed by atoms with Crippen molar-refractivity contribution in [1.29, 1.82) is 0 Å². The molecular weight excluding hydrogens is 420 g/mol. The molecule has 0 fully saturated rings. The first kappa shape index (κ1) is 16.5. The van der Waals surface area contributed by atoms with Gasteiger partial charge in [-0.1, -0.05) is 42.5 Å². The van der Waals surface area contributed by atoms with Crippen molar-refractivity contribution < 1.29 is 0 Å². The summed E-state index contributed by atoms with van der Waals surface area (Å²) in [6, 6.07) is 21.1. The van der Waals surface area contributed by atoms with Crippen molar-refractivity contribution in [2.24, 2.45) is 0 Å². The van der Waals surface area contributed by atoms with Crippen LogP contribution in [0.15, 0.2) is 75.4 Å². The molecule has 0 amide bonds. The lowest BCUT2D eigenvalue weighted by molar-refractivity contribution is 1.15. The number of aromatic amines is 2. The van der Waals surface area contributed by atoms with E-state index in [1.807, 2.05) is 18.3 Å². The van der Waals surface area contributed by atoms with Crippen LogP contribution in [0.25, 0.3) is 32.2 Å². The summed E-state index contributed by atoms with van der Waals surface area (Å²) in [5, 5.41) is 2.24. The highest BCUT2D eigenvalue weighted by molar-refractivity contribution is 9.11. The summed E-state index contributed by atoms with van der Waals surface area (Å²) < 4.78 is 1.75. The number of H-pyrrole nitrogens is 2. The normalized spacial score (nSPS) is 11.4. The Morgan fingerprint density at radius 2 is 1.81 bits per heavy atom. The van der Waals surface area contributed by atoms with Gasteiger partial charge in [-0.3, -0.25) is 4.79 Å². The Bertz CT molecular complexity index is 1300. The van der Waals surface area contributed by atoms with E-state index in [0.717, 1.165) is 37.1 Å². The molecule has 27 heavy (non-hydrogen) atoms. The van der Waals surface area contributed by atoms with Crippen LogP contribution in [-0.4, -0.2) is 9.97 Å². The van der Waals surface area contributed by atoms with Gasteiger partial charge in [0.2, 0.25) is 0 Å². The largest absolute Gasteiger partial charge is 0.355 e. The van der Waals surface area contributed by atoms with Crippen molar-refractivity contribution in [3.05, 3.63) is 92.1 Å². The third kappa shape index (κ3) is 3.03. The van der Waals surface area contributed by atoms with Crippen LogP contribution in [0.3, 0.4) is 0 Å². The topological polar surface area (TPSA) is 48.6 Å². The minimum absolute atomic E-state index is 0.0291. The molecule has 5 heteroatoms. The molecule has 0 saturated carbocycles. The number of hydrogen-bond donors (Lipinski definition) is 2. The summed E-state index contributed by atoms with van der Waals surface area (Å²) in [5.74, 6) is 0. The zero-order valence-corrected chi connectivity index (χ0v) is 16.7. The lowest BCUT2D eigenvalue weighted by Crippen LogP contribution is -2.05. The summed E-state index contributed by atoms with van der Waals surface area (Å²) in [5.41, 5.74) is 5.75. The van der Waals surface area contributed by atoms with E-state index in [0.29, 0.717) is 0 Å². The molecule has 3 aromatic heterocycles. The summed E-state index contributed by atoms with van der Waals surface area (Å²) >= 11 is 4.96. The Hall–Kier alpha value is -2.63. The van der Waals surface area contributed by atoms with Crippen LogP contribution < -0.4 is 5.56 Å². The minimum atomic E-state index is -0.0291. The molecule has 0 unspecified atom stereocenters. The van der Waals surface area contributed by atoms with Gasteiger partial charge < -0.3 is 9.97 Å². The smallest absolute Gasteiger partial charge is 0.265 e. The SMILES string of the molecule is O=c1[nH]cc(Cc2ccc(-c3cc4ccccc4[nH]3)cc2)c2cc(Br)sc12. The average Bonchev–Trinajstić information content (AvgIpc) is 3.28. The highest BCUT2D eigenvalue weighted by Gasteiger charge is 2.10. The van der Waals surface area contributed by atoms with Crippen molar-refractivity contribution in [1.82, 2.24) is 9.97 Å². The Balaban J connectivity index is 1.47. The Morgan fingerprint density at radius 3 is 2.63 bits per heavy atom. The fourth-order valence-corrected chi connectivity index (χ4v) is 5.00.